The van der Waals surface area contributed by atoms with Crippen LogP contribution in [0.2, 0.25) is 0 Å². The van der Waals surface area contributed by atoms with E-state index in [1.165, 1.54) is 19.3 Å². The first-order valence-electron chi connectivity index (χ1n) is 6.61. The van der Waals surface area contributed by atoms with Crippen LogP contribution in [0, 0.1) is 11.3 Å². The molecule has 0 aliphatic carbocycles. The van der Waals surface area contributed by atoms with Crippen molar-refractivity contribution >= 4 is 5.91 Å². The number of amides is 1. The molecule has 2 aliphatic heterocycles. The average molecular weight is 224 g/mol. The number of nitrogens with one attached hydrogen (secondary N) is 1. The number of nitrogens with zero attached hydrogens (tertiary/aromatic N) is 1. The molecule has 0 unspecified atom stereocenters. The van der Waals surface area contributed by atoms with E-state index in [2.05, 4.69) is 24.1 Å². The number of carbonyl (C=O) groups is 1. The van der Waals surface area contributed by atoms with E-state index in [4.69, 9.17) is 0 Å². The van der Waals surface area contributed by atoms with E-state index in [1.54, 1.807) is 0 Å². The molecule has 0 spiro atoms. The van der Waals surface area contributed by atoms with E-state index in [1.807, 2.05) is 0 Å². The predicted molar refractivity (Wildman–Crippen MR) is 65.2 cm³/mol. The van der Waals surface area contributed by atoms with E-state index in [9.17, 15) is 4.79 Å². The van der Waals surface area contributed by atoms with Gasteiger partial charge >= 0.3 is 0 Å². The molecular formula is C13H24N2O. The first-order chi connectivity index (χ1) is 7.63. The molecule has 0 aromatic rings. The highest BCUT2D eigenvalue weighted by Crippen LogP contribution is 2.34. The van der Waals surface area contributed by atoms with Crippen LogP contribution >= 0.6 is 0 Å². The van der Waals surface area contributed by atoms with Gasteiger partial charge in [0, 0.05) is 19.5 Å². The molecule has 2 aliphatic rings. The average Bonchev–Trinajstić information content (AvgIpc) is 2.24. The van der Waals surface area contributed by atoms with Crippen LogP contribution in [0.1, 0.15) is 39.5 Å². The second-order valence-electron chi connectivity index (χ2n) is 5.77. The van der Waals surface area contributed by atoms with E-state index < -0.39 is 0 Å². The van der Waals surface area contributed by atoms with Crippen LogP contribution < -0.4 is 5.32 Å². The number of likely N-dealkylation sites (tertiary alicyclic amines) is 1. The summed E-state index contributed by atoms with van der Waals surface area (Å²) in [5.74, 6) is 0.983. The second-order valence-corrected chi connectivity index (χ2v) is 5.77. The summed E-state index contributed by atoms with van der Waals surface area (Å²) < 4.78 is 0. The lowest BCUT2D eigenvalue weighted by atomic mass is 9.78. The van der Waals surface area contributed by atoms with Crippen LogP contribution in [0.5, 0.6) is 0 Å². The molecule has 2 rings (SSSR count). The van der Waals surface area contributed by atoms with Crippen LogP contribution in [0.4, 0.5) is 0 Å². The Bertz CT molecular complexity index is 253. The Morgan fingerprint density at radius 3 is 2.44 bits per heavy atom. The number of carbonyl (C=O) groups excluding carboxylic acids is 1. The standard InChI is InChI=1S/C13H24N2O/c1-3-13(2)4-6-15(7-5-13)12(16)8-11-9-14-10-11/h11,14H,3-10H2,1-2H3. The Labute approximate surface area is 98.6 Å². The lowest BCUT2D eigenvalue weighted by Crippen LogP contribution is -2.47. The van der Waals surface area contributed by atoms with Crippen molar-refractivity contribution in [2.24, 2.45) is 11.3 Å². The molecule has 2 saturated heterocycles. The molecule has 1 N–H and O–H groups in total. The fourth-order valence-electron chi connectivity index (χ4n) is 2.52. The lowest BCUT2D eigenvalue weighted by Gasteiger charge is -2.40. The highest BCUT2D eigenvalue weighted by atomic mass is 16.2. The van der Waals surface area contributed by atoms with Crippen LogP contribution in [0.25, 0.3) is 0 Å². The minimum atomic E-state index is 0.379. The molecule has 0 bridgehead atoms. The van der Waals surface area contributed by atoms with Crippen molar-refractivity contribution in [3.05, 3.63) is 0 Å². The van der Waals surface area contributed by atoms with Crippen LogP contribution in [0.15, 0.2) is 0 Å². The minimum Gasteiger partial charge on any atom is -0.343 e. The van der Waals surface area contributed by atoms with Gasteiger partial charge in [-0.3, -0.25) is 4.79 Å². The zero-order chi connectivity index (χ0) is 11.6. The van der Waals surface area contributed by atoms with Crippen molar-refractivity contribution in [1.82, 2.24) is 10.2 Å². The van der Waals surface area contributed by atoms with Crippen molar-refractivity contribution in [3.63, 3.8) is 0 Å². The monoisotopic (exact) mass is 224 g/mol. The molecule has 2 heterocycles. The molecule has 0 atom stereocenters. The molecule has 3 heteroatoms. The third-order valence-corrected chi connectivity index (χ3v) is 4.51. The van der Waals surface area contributed by atoms with E-state index >= 15 is 0 Å². The molecule has 0 radical (unpaired) electrons. The van der Waals surface area contributed by atoms with Gasteiger partial charge in [0.25, 0.3) is 0 Å². The summed E-state index contributed by atoms with van der Waals surface area (Å²) in [6, 6.07) is 0. The maximum atomic E-state index is 12.0. The summed E-state index contributed by atoms with van der Waals surface area (Å²) in [5.41, 5.74) is 0.481. The largest absolute Gasteiger partial charge is 0.343 e. The topological polar surface area (TPSA) is 32.3 Å². The van der Waals surface area contributed by atoms with Gasteiger partial charge in [-0.1, -0.05) is 20.3 Å². The van der Waals surface area contributed by atoms with E-state index in [0.29, 0.717) is 17.2 Å². The summed E-state index contributed by atoms with van der Waals surface area (Å²) in [6.45, 7) is 8.63. The lowest BCUT2D eigenvalue weighted by molar-refractivity contribution is -0.134. The fraction of sp³-hybridized carbons (Fsp3) is 0.923. The smallest absolute Gasteiger partial charge is 0.222 e. The third-order valence-electron chi connectivity index (χ3n) is 4.51. The first kappa shape index (κ1) is 11.9. The van der Waals surface area contributed by atoms with Crippen molar-refractivity contribution in [2.45, 2.75) is 39.5 Å². The van der Waals surface area contributed by atoms with Gasteiger partial charge < -0.3 is 10.2 Å². The Morgan fingerprint density at radius 2 is 2.00 bits per heavy atom. The molecular weight excluding hydrogens is 200 g/mol. The second kappa shape index (κ2) is 4.74. The van der Waals surface area contributed by atoms with Gasteiger partial charge in [0.15, 0.2) is 0 Å². The Balaban J connectivity index is 1.77. The maximum Gasteiger partial charge on any atom is 0.222 e. The summed E-state index contributed by atoms with van der Waals surface area (Å²) in [7, 11) is 0. The van der Waals surface area contributed by atoms with Gasteiger partial charge in [-0.15, -0.1) is 0 Å². The molecule has 16 heavy (non-hydrogen) atoms. The van der Waals surface area contributed by atoms with E-state index in [0.717, 1.165) is 32.6 Å². The summed E-state index contributed by atoms with van der Waals surface area (Å²) in [5, 5.41) is 3.22. The van der Waals surface area contributed by atoms with E-state index in [-0.39, 0.29) is 0 Å². The zero-order valence-corrected chi connectivity index (χ0v) is 10.6. The van der Waals surface area contributed by atoms with Gasteiger partial charge in [0.05, 0.1) is 0 Å². The molecule has 3 nitrogen and oxygen atoms in total. The van der Waals surface area contributed by atoms with Gasteiger partial charge in [-0.25, -0.2) is 0 Å². The van der Waals surface area contributed by atoms with Crippen molar-refractivity contribution in [3.8, 4) is 0 Å². The number of rotatable bonds is 3. The number of hydrogen-bond donors (Lipinski definition) is 1. The summed E-state index contributed by atoms with van der Waals surface area (Å²) in [4.78, 5) is 14.1. The molecule has 0 aromatic heterocycles. The first-order valence-corrected chi connectivity index (χ1v) is 6.61. The zero-order valence-electron chi connectivity index (χ0n) is 10.6. The normalized spacial score (nSPS) is 25.2. The van der Waals surface area contributed by atoms with Crippen molar-refractivity contribution < 1.29 is 4.79 Å². The Morgan fingerprint density at radius 1 is 1.38 bits per heavy atom. The minimum absolute atomic E-state index is 0.379. The molecule has 0 saturated carbocycles. The SMILES string of the molecule is CCC1(C)CCN(C(=O)CC2CNC2)CC1. The predicted octanol–water partition coefficient (Wildman–Crippen LogP) is 1.63. The van der Waals surface area contributed by atoms with Gasteiger partial charge in [0.1, 0.15) is 0 Å². The molecule has 0 aromatic carbocycles. The third kappa shape index (κ3) is 2.57. The van der Waals surface area contributed by atoms with Crippen LogP contribution in [-0.4, -0.2) is 37.0 Å². The van der Waals surface area contributed by atoms with Crippen molar-refractivity contribution in [2.75, 3.05) is 26.2 Å². The fourth-order valence-corrected chi connectivity index (χ4v) is 2.52. The highest BCUT2D eigenvalue weighted by Gasteiger charge is 2.31. The Hall–Kier alpha value is -0.570. The Kier molecular flexibility index (Phi) is 3.53. The highest BCUT2D eigenvalue weighted by molar-refractivity contribution is 5.76. The van der Waals surface area contributed by atoms with Gasteiger partial charge in [-0.2, -0.15) is 0 Å². The molecule has 1 amide bonds. The molecule has 92 valence electrons. The molecule has 2 fully saturated rings. The summed E-state index contributed by atoms with van der Waals surface area (Å²) >= 11 is 0. The number of piperidine rings is 1. The summed E-state index contributed by atoms with van der Waals surface area (Å²) in [6.07, 6.45) is 4.35. The van der Waals surface area contributed by atoms with Gasteiger partial charge in [0.2, 0.25) is 5.91 Å². The number of hydrogen-bond acceptors (Lipinski definition) is 2. The van der Waals surface area contributed by atoms with Crippen LogP contribution in [-0.2, 0) is 4.79 Å². The maximum absolute atomic E-state index is 12.0. The van der Waals surface area contributed by atoms with Gasteiger partial charge in [-0.05, 0) is 37.3 Å². The van der Waals surface area contributed by atoms with Crippen LogP contribution in [0.3, 0.4) is 0 Å². The van der Waals surface area contributed by atoms with Crippen molar-refractivity contribution in [1.29, 1.82) is 0 Å². The quantitative estimate of drug-likeness (QED) is 0.790.